The first-order valence-electron chi connectivity index (χ1n) is 16.6. The van der Waals surface area contributed by atoms with Crippen LogP contribution >= 0.6 is 0 Å². The van der Waals surface area contributed by atoms with Gasteiger partial charge < -0.3 is 8.37 Å². The van der Waals surface area contributed by atoms with Crippen LogP contribution in [0.15, 0.2) is 109 Å². The molecule has 0 saturated heterocycles. The van der Waals surface area contributed by atoms with Crippen LogP contribution in [0, 0.1) is 0 Å². The smallest absolute Gasteiger partial charge is 0.376 e. The number of benzene rings is 8. The average Bonchev–Trinajstić information content (AvgIpc) is 3.33. The van der Waals surface area contributed by atoms with Crippen molar-refractivity contribution in [1.82, 2.24) is 0 Å². The van der Waals surface area contributed by atoms with Gasteiger partial charge in [0.15, 0.2) is 0 Å². The molecule has 0 N–H and O–H groups in total. The summed E-state index contributed by atoms with van der Waals surface area (Å²) in [6.07, 6.45) is 0. The molecule has 0 heterocycles. The summed E-state index contributed by atoms with van der Waals surface area (Å²) < 4.78 is 136. The van der Waals surface area contributed by atoms with Crippen LogP contribution in [-0.4, -0.2) is 27.9 Å². The Morgan fingerprint density at radius 1 is 0.418 bits per heavy atom. The maximum atomic E-state index is 13.2. The highest BCUT2D eigenvalue weighted by molar-refractivity contribution is 7.88. The molecule has 278 valence electrons. The summed E-state index contributed by atoms with van der Waals surface area (Å²) in [6, 6.07) is 31.0. The maximum Gasteiger partial charge on any atom is 0.534 e. The molecule has 6 nitrogen and oxygen atoms in total. The van der Waals surface area contributed by atoms with E-state index in [1.807, 2.05) is 36.4 Å². The number of hydrogen-bond acceptors (Lipinski definition) is 6. The summed E-state index contributed by atoms with van der Waals surface area (Å²) >= 11 is 0. The van der Waals surface area contributed by atoms with Crippen LogP contribution in [0.5, 0.6) is 11.5 Å². The Labute approximate surface area is 308 Å². The molecule has 0 spiro atoms. The Balaban J connectivity index is 1.28. The minimum absolute atomic E-state index is 0.477. The lowest BCUT2D eigenvalue weighted by Gasteiger charge is -2.23. The lowest BCUT2D eigenvalue weighted by atomic mass is 9.80. The molecule has 8 aromatic rings. The van der Waals surface area contributed by atoms with Gasteiger partial charge in [0.2, 0.25) is 0 Å². The van der Waals surface area contributed by atoms with Gasteiger partial charge in [0.25, 0.3) is 0 Å². The van der Waals surface area contributed by atoms with Crippen molar-refractivity contribution in [2.75, 3.05) is 0 Å². The van der Waals surface area contributed by atoms with Crippen molar-refractivity contribution in [3.63, 3.8) is 0 Å². The minimum atomic E-state index is -5.90. The Hall–Kier alpha value is -5.60. The molecule has 0 aliphatic heterocycles. The molecule has 0 radical (unpaired) electrons. The van der Waals surface area contributed by atoms with Crippen LogP contribution in [-0.2, 0) is 25.7 Å². The first kappa shape index (κ1) is 35.1. The van der Waals surface area contributed by atoms with E-state index in [1.54, 1.807) is 24.3 Å². The zero-order chi connectivity index (χ0) is 39.0. The van der Waals surface area contributed by atoms with Crippen molar-refractivity contribution in [1.29, 1.82) is 0 Å². The van der Waals surface area contributed by atoms with E-state index in [4.69, 9.17) is 0 Å². The largest absolute Gasteiger partial charge is 0.534 e. The van der Waals surface area contributed by atoms with Gasteiger partial charge in [0.05, 0.1) is 0 Å². The number of alkyl halides is 6. The van der Waals surface area contributed by atoms with Crippen LogP contribution in [0.25, 0.3) is 75.8 Å². The van der Waals surface area contributed by atoms with E-state index in [9.17, 15) is 43.2 Å². The summed E-state index contributed by atoms with van der Waals surface area (Å²) in [5.74, 6) is -0.954. The first-order valence-corrected chi connectivity index (χ1v) is 19.5. The molecule has 0 amide bonds. The van der Waals surface area contributed by atoms with Crippen LogP contribution < -0.4 is 8.37 Å². The number of halogens is 6. The second-order valence-corrected chi connectivity index (χ2v) is 17.1. The van der Waals surface area contributed by atoms with E-state index in [0.29, 0.717) is 32.3 Å². The van der Waals surface area contributed by atoms with Crippen molar-refractivity contribution < 1.29 is 51.5 Å². The molecule has 14 heteroatoms. The summed E-state index contributed by atoms with van der Waals surface area (Å²) in [6.45, 7) is 4.12. The third-order valence-corrected chi connectivity index (χ3v) is 12.5. The third kappa shape index (κ3) is 5.14. The summed E-state index contributed by atoms with van der Waals surface area (Å²) in [4.78, 5) is 0. The van der Waals surface area contributed by atoms with Crippen molar-refractivity contribution >= 4 is 84.9 Å². The molecule has 0 unspecified atom stereocenters. The van der Waals surface area contributed by atoms with Crippen LogP contribution in [0.3, 0.4) is 0 Å². The normalized spacial score (nSPS) is 14.6. The minimum Gasteiger partial charge on any atom is -0.376 e. The summed E-state index contributed by atoms with van der Waals surface area (Å²) in [7, 11) is -11.8. The Morgan fingerprint density at radius 3 is 1.04 bits per heavy atom. The molecular formula is C41H24F6O6S2. The van der Waals surface area contributed by atoms with Gasteiger partial charge in [-0.25, -0.2) is 0 Å². The first-order chi connectivity index (χ1) is 25.8. The van der Waals surface area contributed by atoms with E-state index in [-0.39, 0.29) is 0 Å². The van der Waals surface area contributed by atoms with Gasteiger partial charge in [-0.3, -0.25) is 0 Å². The van der Waals surface area contributed by atoms with Crippen LogP contribution in [0.1, 0.15) is 25.0 Å². The van der Waals surface area contributed by atoms with Gasteiger partial charge in [0, 0.05) is 5.41 Å². The number of rotatable bonds is 4. The topological polar surface area (TPSA) is 86.7 Å². The van der Waals surface area contributed by atoms with Gasteiger partial charge in [-0.2, -0.15) is 43.2 Å². The molecule has 8 aromatic carbocycles. The zero-order valence-corrected chi connectivity index (χ0v) is 30.1. The highest BCUT2D eigenvalue weighted by atomic mass is 32.2. The third-order valence-electron chi connectivity index (χ3n) is 10.5. The molecule has 0 aromatic heterocycles. The Kier molecular flexibility index (Phi) is 7.17. The Morgan fingerprint density at radius 2 is 0.709 bits per heavy atom. The molecule has 1 aliphatic rings. The van der Waals surface area contributed by atoms with Crippen molar-refractivity contribution in [3.05, 3.63) is 120 Å². The molecule has 0 atom stereocenters. The van der Waals surface area contributed by atoms with E-state index >= 15 is 0 Å². The molecule has 55 heavy (non-hydrogen) atoms. The van der Waals surface area contributed by atoms with E-state index in [0.717, 1.165) is 54.6 Å². The van der Waals surface area contributed by atoms with Crippen LogP contribution in [0.4, 0.5) is 26.3 Å². The van der Waals surface area contributed by atoms with Gasteiger partial charge in [-0.1, -0.05) is 62.4 Å². The molecule has 0 saturated carbocycles. The Bertz CT molecular complexity index is 3030. The monoisotopic (exact) mass is 790 g/mol. The predicted molar refractivity (Wildman–Crippen MR) is 200 cm³/mol. The van der Waals surface area contributed by atoms with Crippen LogP contribution in [0.2, 0.25) is 0 Å². The standard InChI is InChI=1S/C41H24F6O6S2/c1-39(2)37-19-33-27-13-11-21(52-54(48,49)40(42,43)44)15-29(27)23-7-3-5-9-25(23)31(33)17-35(37)36-18-32-26-10-6-4-8-24(26)30-16-22(53-55(50,51)41(45,46)47)12-14-28(30)34(32)20-38(36)39/h3-20H,1-2H3. The lowest BCUT2D eigenvalue weighted by molar-refractivity contribution is -0.0504. The van der Waals surface area contributed by atoms with Gasteiger partial charge in [-0.05, 0) is 148 Å². The van der Waals surface area contributed by atoms with Gasteiger partial charge in [-0.15, -0.1) is 0 Å². The fraction of sp³-hybridized carbons (Fsp3) is 0.122. The molecule has 0 bridgehead atoms. The molecule has 0 fully saturated rings. The number of fused-ring (bicyclic) bond motifs is 15. The fourth-order valence-corrected chi connectivity index (χ4v) is 8.94. The second kappa shape index (κ2) is 11.2. The van der Waals surface area contributed by atoms with Gasteiger partial charge >= 0.3 is 31.3 Å². The van der Waals surface area contributed by atoms with E-state index in [1.165, 1.54) is 24.3 Å². The summed E-state index contributed by atoms with van der Waals surface area (Å²) in [5.41, 5.74) is -7.96. The summed E-state index contributed by atoms with van der Waals surface area (Å²) in [5, 5.41) is 8.61. The second-order valence-electron chi connectivity index (χ2n) is 14.0. The van der Waals surface area contributed by atoms with Crippen molar-refractivity contribution in [3.8, 4) is 22.6 Å². The zero-order valence-electron chi connectivity index (χ0n) is 28.4. The maximum absolute atomic E-state index is 13.2. The highest BCUT2D eigenvalue weighted by Crippen LogP contribution is 2.54. The predicted octanol–water partition coefficient (Wildman–Crippen LogP) is 11.4. The molecular weight excluding hydrogens is 767 g/mol. The van der Waals surface area contributed by atoms with Crippen molar-refractivity contribution in [2.24, 2.45) is 0 Å². The molecule has 9 rings (SSSR count). The highest BCUT2D eigenvalue weighted by Gasteiger charge is 2.49. The van der Waals surface area contributed by atoms with Gasteiger partial charge in [0.1, 0.15) is 11.5 Å². The SMILES string of the molecule is CC1(C)c2cc3c4ccc(OS(=O)(=O)C(F)(F)F)cc4c4ccccc4c3cc2-c2cc3c4ccccc4c4cc(OS(=O)(=O)C(F)(F)F)ccc4c3cc21. The number of hydrogen-bond donors (Lipinski definition) is 0. The van der Waals surface area contributed by atoms with E-state index < -0.39 is 48.2 Å². The van der Waals surface area contributed by atoms with E-state index in [2.05, 4.69) is 46.5 Å². The molecule has 1 aliphatic carbocycles. The lowest BCUT2D eigenvalue weighted by Crippen LogP contribution is -2.28. The van der Waals surface area contributed by atoms with Crippen molar-refractivity contribution in [2.45, 2.75) is 30.3 Å². The fourth-order valence-electron chi connectivity index (χ4n) is 8.04. The average molecular weight is 791 g/mol. The quantitative estimate of drug-likeness (QED) is 0.0764.